The first-order valence-electron chi connectivity index (χ1n) is 6.11. The van der Waals surface area contributed by atoms with E-state index in [1.165, 1.54) is 22.0 Å². The molecule has 4 heteroatoms. The molecule has 3 N–H and O–H groups in total. The van der Waals surface area contributed by atoms with Crippen LogP contribution in [0.25, 0.3) is 10.9 Å². The van der Waals surface area contributed by atoms with E-state index in [0.29, 0.717) is 0 Å². The number of aromatic nitrogens is 3. The van der Waals surface area contributed by atoms with Crippen LogP contribution in [0.2, 0.25) is 0 Å². The van der Waals surface area contributed by atoms with Crippen molar-refractivity contribution < 1.29 is 0 Å². The van der Waals surface area contributed by atoms with Gasteiger partial charge in [-0.15, -0.1) is 0 Å². The Kier molecular flexibility index (Phi) is 2.86. The van der Waals surface area contributed by atoms with Crippen LogP contribution < -0.4 is 5.32 Å². The molecule has 3 aromatic rings. The van der Waals surface area contributed by atoms with E-state index in [1.807, 2.05) is 18.6 Å². The van der Waals surface area contributed by atoms with E-state index < -0.39 is 0 Å². The number of rotatable bonds is 4. The first-order chi connectivity index (χ1) is 8.84. The zero-order valence-electron chi connectivity index (χ0n) is 10.3. The van der Waals surface area contributed by atoms with Gasteiger partial charge < -0.3 is 10.3 Å². The molecule has 0 bridgehead atoms. The number of nitrogens with zero attached hydrogens (tertiary/aromatic N) is 1. The summed E-state index contributed by atoms with van der Waals surface area (Å²) in [6.45, 7) is 2.98. The maximum atomic E-state index is 3.97. The van der Waals surface area contributed by atoms with Crippen LogP contribution in [-0.4, -0.2) is 15.2 Å². The molecular formula is C14H16N4. The van der Waals surface area contributed by atoms with Crippen molar-refractivity contribution in [1.29, 1.82) is 0 Å². The van der Waals surface area contributed by atoms with E-state index in [9.17, 15) is 0 Å². The number of H-pyrrole nitrogens is 2. The van der Waals surface area contributed by atoms with Crippen molar-refractivity contribution in [3.05, 3.63) is 54.0 Å². The highest BCUT2D eigenvalue weighted by atomic mass is 15.1. The molecule has 0 amide bonds. The summed E-state index contributed by atoms with van der Waals surface area (Å²) in [7, 11) is 0. The van der Waals surface area contributed by atoms with Crippen LogP contribution in [0.3, 0.4) is 0 Å². The minimum atomic E-state index is 0.286. The van der Waals surface area contributed by atoms with Gasteiger partial charge in [-0.05, 0) is 23.9 Å². The van der Waals surface area contributed by atoms with E-state index in [4.69, 9.17) is 0 Å². The fourth-order valence-electron chi connectivity index (χ4n) is 2.18. The highest BCUT2D eigenvalue weighted by Gasteiger charge is 2.07. The number of benzene rings is 1. The third kappa shape index (κ3) is 2.02. The molecule has 18 heavy (non-hydrogen) atoms. The van der Waals surface area contributed by atoms with Crippen LogP contribution in [-0.2, 0) is 6.54 Å². The molecule has 0 saturated carbocycles. The average Bonchev–Trinajstić information content (AvgIpc) is 3.05. The van der Waals surface area contributed by atoms with Gasteiger partial charge in [-0.2, -0.15) is 5.10 Å². The molecular weight excluding hydrogens is 224 g/mol. The Hall–Kier alpha value is -2.07. The maximum Gasteiger partial charge on any atom is 0.0534 e. The van der Waals surface area contributed by atoms with Gasteiger partial charge in [-0.1, -0.05) is 18.2 Å². The summed E-state index contributed by atoms with van der Waals surface area (Å²) in [5.74, 6) is 0. The summed E-state index contributed by atoms with van der Waals surface area (Å²) in [6.07, 6.45) is 5.76. The molecule has 1 aromatic carbocycles. The predicted octanol–water partition coefficient (Wildman–Crippen LogP) is 2.74. The molecule has 2 heterocycles. The van der Waals surface area contributed by atoms with Gasteiger partial charge >= 0.3 is 0 Å². The Morgan fingerprint density at radius 2 is 2.28 bits per heavy atom. The number of fused-ring (bicyclic) bond motifs is 1. The van der Waals surface area contributed by atoms with Gasteiger partial charge in [0.15, 0.2) is 0 Å². The summed E-state index contributed by atoms with van der Waals surface area (Å²) in [5.41, 5.74) is 3.67. The Bertz CT molecular complexity index is 624. The smallest absolute Gasteiger partial charge is 0.0534 e. The van der Waals surface area contributed by atoms with Crippen LogP contribution in [0.4, 0.5) is 0 Å². The molecule has 3 rings (SSSR count). The van der Waals surface area contributed by atoms with E-state index in [-0.39, 0.29) is 6.04 Å². The molecule has 92 valence electrons. The van der Waals surface area contributed by atoms with Gasteiger partial charge in [0.25, 0.3) is 0 Å². The van der Waals surface area contributed by atoms with Gasteiger partial charge in [0.1, 0.15) is 0 Å². The van der Waals surface area contributed by atoms with E-state index >= 15 is 0 Å². The van der Waals surface area contributed by atoms with Crippen LogP contribution in [0.5, 0.6) is 0 Å². The standard InChI is InChI=1S/C14H16N4/c1-10(13-8-17-18-9-13)16-7-12-4-2-3-11-5-6-15-14(11)12/h2-6,8-10,15-16H,7H2,1H3,(H,17,18). The SMILES string of the molecule is CC(NCc1cccc2cc[nH]c12)c1cn[nH]c1. The lowest BCUT2D eigenvalue weighted by Crippen LogP contribution is -2.17. The van der Waals surface area contributed by atoms with Gasteiger partial charge in [-0.25, -0.2) is 0 Å². The van der Waals surface area contributed by atoms with Crippen molar-refractivity contribution in [3.63, 3.8) is 0 Å². The normalized spacial score (nSPS) is 12.9. The van der Waals surface area contributed by atoms with Crippen molar-refractivity contribution in [2.45, 2.75) is 19.5 Å². The molecule has 2 aromatic heterocycles. The van der Waals surface area contributed by atoms with Gasteiger partial charge in [-0.3, -0.25) is 5.10 Å². The third-order valence-electron chi connectivity index (χ3n) is 3.29. The lowest BCUT2D eigenvalue weighted by atomic mass is 10.1. The molecule has 0 saturated heterocycles. The number of para-hydroxylation sites is 1. The summed E-state index contributed by atoms with van der Waals surface area (Å²) in [6, 6.07) is 8.74. The van der Waals surface area contributed by atoms with Crippen molar-refractivity contribution in [2.75, 3.05) is 0 Å². The molecule has 1 atom stereocenters. The zero-order chi connectivity index (χ0) is 12.4. The highest BCUT2D eigenvalue weighted by molar-refractivity contribution is 5.82. The first-order valence-corrected chi connectivity index (χ1v) is 6.11. The molecule has 0 aliphatic carbocycles. The Morgan fingerprint density at radius 1 is 1.33 bits per heavy atom. The van der Waals surface area contributed by atoms with Crippen molar-refractivity contribution >= 4 is 10.9 Å². The summed E-state index contributed by atoms with van der Waals surface area (Å²) < 4.78 is 0. The molecule has 0 aliphatic heterocycles. The van der Waals surface area contributed by atoms with E-state index in [1.54, 1.807) is 0 Å². The van der Waals surface area contributed by atoms with Gasteiger partial charge in [0.2, 0.25) is 0 Å². The van der Waals surface area contributed by atoms with Gasteiger partial charge in [0.05, 0.1) is 6.20 Å². The molecule has 1 unspecified atom stereocenters. The Balaban J connectivity index is 1.75. The Labute approximate surface area is 105 Å². The summed E-state index contributed by atoms with van der Waals surface area (Å²) >= 11 is 0. The first kappa shape index (κ1) is 11.0. The maximum absolute atomic E-state index is 3.97. The summed E-state index contributed by atoms with van der Waals surface area (Å²) in [5, 5.41) is 11.6. The van der Waals surface area contributed by atoms with E-state index in [0.717, 1.165) is 6.54 Å². The molecule has 0 spiro atoms. The number of hydrogen-bond donors (Lipinski definition) is 3. The predicted molar refractivity (Wildman–Crippen MR) is 72.1 cm³/mol. The highest BCUT2D eigenvalue weighted by Crippen LogP contribution is 2.18. The molecule has 4 nitrogen and oxygen atoms in total. The Morgan fingerprint density at radius 3 is 3.11 bits per heavy atom. The lowest BCUT2D eigenvalue weighted by molar-refractivity contribution is 0.576. The monoisotopic (exact) mass is 240 g/mol. The number of nitrogens with one attached hydrogen (secondary N) is 3. The second-order valence-electron chi connectivity index (χ2n) is 4.49. The third-order valence-corrected chi connectivity index (χ3v) is 3.29. The zero-order valence-corrected chi connectivity index (χ0v) is 10.3. The largest absolute Gasteiger partial charge is 0.361 e. The van der Waals surface area contributed by atoms with Crippen LogP contribution in [0.1, 0.15) is 24.1 Å². The minimum Gasteiger partial charge on any atom is -0.361 e. The molecule has 0 fully saturated rings. The van der Waals surface area contributed by atoms with Crippen LogP contribution >= 0.6 is 0 Å². The van der Waals surface area contributed by atoms with Crippen molar-refractivity contribution in [3.8, 4) is 0 Å². The van der Waals surface area contributed by atoms with Crippen molar-refractivity contribution in [2.24, 2.45) is 0 Å². The quantitative estimate of drug-likeness (QED) is 0.656. The number of aromatic amines is 2. The minimum absolute atomic E-state index is 0.286. The lowest BCUT2D eigenvalue weighted by Gasteiger charge is -2.12. The van der Waals surface area contributed by atoms with Crippen molar-refractivity contribution in [1.82, 2.24) is 20.5 Å². The fourth-order valence-corrected chi connectivity index (χ4v) is 2.18. The topological polar surface area (TPSA) is 56.5 Å². The summed E-state index contributed by atoms with van der Waals surface area (Å²) in [4.78, 5) is 3.29. The number of hydrogen-bond acceptors (Lipinski definition) is 2. The van der Waals surface area contributed by atoms with Gasteiger partial charge in [0, 0.05) is 36.1 Å². The van der Waals surface area contributed by atoms with Crippen LogP contribution in [0, 0.1) is 0 Å². The average molecular weight is 240 g/mol. The van der Waals surface area contributed by atoms with Crippen LogP contribution in [0.15, 0.2) is 42.9 Å². The molecule has 0 aliphatic rings. The molecule has 0 radical (unpaired) electrons. The second kappa shape index (κ2) is 4.66. The van der Waals surface area contributed by atoms with E-state index in [2.05, 4.69) is 51.7 Å². The second-order valence-corrected chi connectivity index (χ2v) is 4.49. The fraction of sp³-hybridized carbons (Fsp3) is 0.214.